The second-order valence-electron chi connectivity index (χ2n) is 7.21. The van der Waals surface area contributed by atoms with Gasteiger partial charge in [0.05, 0.1) is 20.6 Å². The van der Waals surface area contributed by atoms with Crippen molar-refractivity contribution in [1.82, 2.24) is 9.80 Å². The molecule has 0 unspecified atom stereocenters. The van der Waals surface area contributed by atoms with Gasteiger partial charge in [-0.05, 0) is 48.5 Å². The Morgan fingerprint density at radius 1 is 1.06 bits per heavy atom. The van der Waals surface area contributed by atoms with Gasteiger partial charge in [-0.25, -0.2) is 0 Å². The number of carbonyl (C=O) groups is 3. The first-order chi connectivity index (χ1) is 15.4. The lowest BCUT2D eigenvalue weighted by atomic mass is 10.1. The minimum atomic E-state index is -0.879. The molecule has 2 aromatic rings. The van der Waals surface area contributed by atoms with Crippen molar-refractivity contribution in [2.75, 3.05) is 32.6 Å². The summed E-state index contributed by atoms with van der Waals surface area (Å²) < 4.78 is 9.86. The number of esters is 1. The number of methoxy groups -OCH3 is 2. The summed E-state index contributed by atoms with van der Waals surface area (Å²) in [6, 6.07) is 15.7. The number of carbonyl (C=O) groups excluding carboxylic acids is 3. The molecule has 1 saturated heterocycles. The molecule has 2 aromatic carbocycles. The van der Waals surface area contributed by atoms with Crippen molar-refractivity contribution in [1.29, 1.82) is 0 Å². The van der Waals surface area contributed by atoms with Crippen LogP contribution >= 0.6 is 12.2 Å². The van der Waals surface area contributed by atoms with Crippen LogP contribution in [0.4, 0.5) is 5.69 Å². The third kappa shape index (κ3) is 5.61. The molecule has 8 nitrogen and oxygen atoms in total. The van der Waals surface area contributed by atoms with Gasteiger partial charge in [-0.1, -0.05) is 30.3 Å². The number of hydrogen-bond donors (Lipinski definition) is 1. The predicted molar refractivity (Wildman–Crippen MR) is 123 cm³/mol. The zero-order chi connectivity index (χ0) is 23.1. The fourth-order valence-electron chi connectivity index (χ4n) is 3.43. The first kappa shape index (κ1) is 23.2. The second-order valence-corrected chi connectivity index (χ2v) is 7.57. The van der Waals surface area contributed by atoms with Crippen molar-refractivity contribution in [2.45, 2.75) is 18.9 Å². The average Bonchev–Trinajstić information content (AvgIpc) is 3.02. The van der Waals surface area contributed by atoms with Crippen LogP contribution in [0.2, 0.25) is 0 Å². The van der Waals surface area contributed by atoms with Crippen LogP contribution in [0.3, 0.4) is 0 Å². The van der Waals surface area contributed by atoms with Crippen LogP contribution < -0.4 is 10.1 Å². The zero-order valence-electron chi connectivity index (χ0n) is 17.9. The Balaban J connectivity index is 1.71. The topological polar surface area (TPSA) is 88.2 Å². The van der Waals surface area contributed by atoms with Gasteiger partial charge >= 0.3 is 5.97 Å². The van der Waals surface area contributed by atoms with Crippen LogP contribution in [0.25, 0.3) is 0 Å². The Kier molecular flexibility index (Phi) is 7.77. The number of amides is 2. The maximum atomic E-state index is 13.1. The number of ether oxygens (including phenoxy) is 2. The fourth-order valence-corrected chi connectivity index (χ4v) is 3.80. The van der Waals surface area contributed by atoms with E-state index in [9.17, 15) is 14.4 Å². The number of hydrogen-bond acceptors (Lipinski definition) is 6. The van der Waals surface area contributed by atoms with Gasteiger partial charge in [0.25, 0.3) is 5.91 Å². The molecule has 0 spiro atoms. The molecule has 32 heavy (non-hydrogen) atoms. The van der Waals surface area contributed by atoms with Crippen molar-refractivity contribution < 1.29 is 23.9 Å². The van der Waals surface area contributed by atoms with E-state index in [1.165, 1.54) is 16.9 Å². The molecule has 0 aliphatic carbocycles. The molecule has 1 aliphatic heterocycles. The Labute approximate surface area is 192 Å². The van der Waals surface area contributed by atoms with E-state index >= 15 is 0 Å². The Bertz CT molecular complexity index is 981. The summed E-state index contributed by atoms with van der Waals surface area (Å²) in [5, 5.41) is 2.99. The SMILES string of the molecule is COC(=O)CN1C(=S)N(CCc2ccccc2)C(=O)[C@H]1CC(=O)Nc1ccc(OC)cc1. The minimum absolute atomic E-state index is 0.149. The van der Waals surface area contributed by atoms with Gasteiger partial charge in [-0.3, -0.25) is 19.3 Å². The van der Waals surface area contributed by atoms with E-state index in [1.807, 2.05) is 30.3 Å². The van der Waals surface area contributed by atoms with Crippen LogP contribution in [0.15, 0.2) is 54.6 Å². The molecular weight excluding hydrogens is 430 g/mol. The standard InChI is InChI=1S/C23H25N3O5S/c1-30-18-10-8-17(9-11-18)24-20(27)14-19-22(29)25(13-12-16-6-4-3-5-7-16)23(32)26(19)15-21(28)31-2/h3-11,19H,12-15H2,1-2H3,(H,24,27)/t19-/m1/s1. The number of anilines is 1. The van der Waals surface area contributed by atoms with E-state index in [0.717, 1.165) is 5.56 Å². The summed E-state index contributed by atoms with van der Waals surface area (Å²) in [4.78, 5) is 40.6. The lowest BCUT2D eigenvalue weighted by Gasteiger charge is -2.22. The molecule has 1 fully saturated rings. The second kappa shape index (κ2) is 10.7. The van der Waals surface area contributed by atoms with Gasteiger partial charge in [0.1, 0.15) is 18.3 Å². The smallest absolute Gasteiger partial charge is 0.325 e. The van der Waals surface area contributed by atoms with Gasteiger partial charge in [0.15, 0.2) is 5.11 Å². The lowest BCUT2D eigenvalue weighted by molar-refractivity contribution is -0.141. The monoisotopic (exact) mass is 455 g/mol. The number of benzene rings is 2. The van der Waals surface area contributed by atoms with Crippen LogP contribution in [0.1, 0.15) is 12.0 Å². The Morgan fingerprint density at radius 2 is 1.75 bits per heavy atom. The highest BCUT2D eigenvalue weighted by molar-refractivity contribution is 7.80. The third-order valence-electron chi connectivity index (χ3n) is 5.15. The maximum absolute atomic E-state index is 13.1. The average molecular weight is 456 g/mol. The van der Waals surface area contributed by atoms with Gasteiger partial charge < -0.3 is 19.7 Å². The van der Waals surface area contributed by atoms with Crippen LogP contribution in [0.5, 0.6) is 5.75 Å². The molecule has 1 aliphatic rings. The van der Waals surface area contributed by atoms with Gasteiger partial charge in [0, 0.05) is 12.2 Å². The molecule has 3 rings (SSSR count). The van der Waals surface area contributed by atoms with E-state index in [-0.39, 0.29) is 29.9 Å². The fraction of sp³-hybridized carbons (Fsp3) is 0.304. The van der Waals surface area contributed by atoms with E-state index in [2.05, 4.69) is 5.32 Å². The highest BCUT2D eigenvalue weighted by atomic mass is 32.1. The van der Waals surface area contributed by atoms with Gasteiger partial charge in [0.2, 0.25) is 5.91 Å². The number of rotatable bonds is 9. The summed E-state index contributed by atoms with van der Waals surface area (Å²) in [6.07, 6.45) is 0.452. The maximum Gasteiger partial charge on any atom is 0.325 e. The van der Waals surface area contributed by atoms with E-state index in [0.29, 0.717) is 24.4 Å². The molecule has 0 saturated carbocycles. The van der Waals surface area contributed by atoms with Crippen LogP contribution in [-0.4, -0.2) is 66.0 Å². The highest BCUT2D eigenvalue weighted by Gasteiger charge is 2.44. The van der Waals surface area contributed by atoms with Crippen LogP contribution in [0, 0.1) is 0 Å². The molecule has 1 atom stereocenters. The summed E-state index contributed by atoms with van der Waals surface area (Å²) in [5.41, 5.74) is 1.63. The van der Waals surface area contributed by atoms with Crippen LogP contribution in [-0.2, 0) is 25.5 Å². The molecule has 1 heterocycles. The molecule has 2 amide bonds. The highest BCUT2D eigenvalue weighted by Crippen LogP contribution is 2.23. The molecule has 0 bridgehead atoms. The lowest BCUT2D eigenvalue weighted by Crippen LogP contribution is -2.41. The van der Waals surface area contributed by atoms with Gasteiger partial charge in [-0.15, -0.1) is 0 Å². The number of nitrogens with one attached hydrogen (secondary N) is 1. The summed E-state index contributed by atoms with van der Waals surface area (Å²) >= 11 is 5.49. The Morgan fingerprint density at radius 3 is 2.38 bits per heavy atom. The quantitative estimate of drug-likeness (QED) is 0.458. The molecule has 9 heteroatoms. The van der Waals surface area contributed by atoms with Crippen molar-refractivity contribution in [3.63, 3.8) is 0 Å². The first-order valence-electron chi connectivity index (χ1n) is 10.1. The van der Waals surface area contributed by atoms with Crippen molar-refractivity contribution in [2.24, 2.45) is 0 Å². The number of thiocarbonyl (C=S) groups is 1. The van der Waals surface area contributed by atoms with E-state index < -0.39 is 12.0 Å². The molecule has 1 N–H and O–H groups in total. The molecular formula is C23H25N3O5S. The van der Waals surface area contributed by atoms with Crippen molar-refractivity contribution in [3.8, 4) is 5.75 Å². The van der Waals surface area contributed by atoms with Crippen molar-refractivity contribution >= 4 is 40.8 Å². The zero-order valence-corrected chi connectivity index (χ0v) is 18.8. The molecule has 0 aromatic heterocycles. The van der Waals surface area contributed by atoms with E-state index in [4.69, 9.17) is 21.7 Å². The summed E-state index contributed by atoms with van der Waals surface area (Å²) in [6.45, 7) is 0.152. The number of nitrogens with zero attached hydrogens (tertiary/aromatic N) is 2. The summed E-state index contributed by atoms with van der Waals surface area (Å²) in [5.74, 6) is -0.543. The summed E-state index contributed by atoms with van der Waals surface area (Å²) in [7, 11) is 2.82. The van der Waals surface area contributed by atoms with Crippen molar-refractivity contribution in [3.05, 3.63) is 60.2 Å². The van der Waals surface area contributed by atoms with E-state index in [1.54, 1.807) is 31.4 Å². The Hall–Kier alpha value is -3.46. The largest absolute Gasteiger partial charge is 0.497 e. The molecule has 168 valence electrons. The predicted octanol–water partition coefficient (Wildman–Crippen LogP) is 2.24. The molecule has 0 radical (unpaired) electrons. The third-order valence-corrected chi connectivity index (χ3v) is 5.61. The van der Waals surface area contributed by atoms with Gasteiger partial charge in [-0.2, -0.15) is 0 Å². The first-order valence-corrected chi connectivity index (χ1v) is 10.5. The normalized spacial score (nSPS) is 15.6. The minimum Gasteiger partial charge on any atom is -0.497 e.